The molecule has 16 heavy (non-hydrogen) atoms. The minimum absolute atomic E-state index is 0.285. The number of hydrogen-bond donors (Lipinski definition) is 0. The zero-order valence-corrected chi connectivity index (χ0v) is 10.1. The molecule has 0 saturated carbocycles. The smallest absolute Gasteiger partial charge is 0.115 e. The number of aromatic nitrogens is 2. The molecule has 2 aromatic rings. The van der Waals surface area contributed by atoms with E-state index in [9.17, 15) is 0 Å². The molecule has 1 radical (unpaired) electrons. The predicted octanol–water partition coefficient (Wildman–Crippen LogP) is 3.29. The number of aryl methyl sites for hydroxylation is 1. The highest BCUT2D eigenvalue weighted by Gasteiger charge is 2.15. The van der Waals surface area contributed by atoms with E-state index < -0.39 is 0 Å². The highest BCUT2D eigenvalue weighted by molar-refractivity contribution is 5.38. The van der Waals surface area contributed by atoms with Gasteiger partial charge in [0.25, 0.3) is 0 Å². The van der Waals surface area contributed by atoms with E-state index in [2.05, 4.69) is 51.0 Å². The zero-order valence-electron chi connectivity index (χ0n) is 10.1. The van der Waals surface area contributed by atoms with Crippen LogP contribution in [-0.2, 0) is 0 Å². The maximum absolute atomic E-state index is 4.36. The van der Waals surface area contributed by atoms with Gasteiger partial charge in [-0.15, -0.1) is 0 Å². The molecule has 0 N–H and O–H groups in total. The summed E-state index contributed by atoms with van der Waals surface area (Å²) in [6, 6.07) is 6.41. The molecule has 0 fully saturated rings. The quantitative estimate of drug-likeness (QED) is 0.748. The fourth-order valence-corrected chi connectivity index (χ4v) is 2.08. The summed E-state index contributed by atoms with van der Waals surface area (Å²) in [5.41, 5.74) is 4.00. The van der Waals surface area contributed by atoms with E-state index in [1.807, 2.05) is 10.8 Å². The Morgan fingerprint density at radius 1 is 1.31 bits per heavy atom. The van der Waals surface area contributed by atoms with Crippen molar-refractivity contribution in [2.75, 3.05) is 0 Å². The van der Waals surface area contributed by atoms with Crippen LogP contribution in [0.25, 0.3) is 0 Å². The van der Waals surface area contributed by atoms with Crippen LogP contribution in [0.3, 0.4) is 0 Å². The van der Waals surface area contributed by atoms with Crippen LogP contribution in [-0.4, -0.2) is 9.55 Å². The molecule has 2 rings (SSSR count). The van der Waals surface area contributed by atoms with Crippen LogP contribution in [0.2, 0.25) is 0 Å². The summed E-state index contributed by atoms with van der Waals surface area (Å²) in [7, 11) is 3.93. The summed E-state index contributed by atoms with van der Waals surface area (Å²) < 4.78 is 1.84. The topological polar surface area (TPSA) is 17.8 Å². The second-order valence-corrected chi connectivity index (χ2v) is 4.27. The molecular weight excluding hydrogens is 196 g/mol. The Morgan fingerprint density at radius 3 is 2.69 bits per heavy atom. The highest BCUT2D eigenvalue weighted by Crippen LogP contribution is 2.26. The van der Waals surface area contributed by atoms with Gasteiger partial charge >= 0.3 is 0 Å². The third-order valence-electron chi connectivity index (χ3n) is 3.25. The van der Waals surface area contributed by atoms with Gasteiger partial charge in [-0.05, 0) is 30.5 Å². The summed E-state index contributed by atoms with van der Waals surface area (Å²) in [6.07, 6.45) is 3.68. The number of hydrogen-bond acceptors (Lipinski definition) is 1. The standard InChI is InChI=1S/C14H17N2/c1-10-6-5-7-13(11(10)2)12(3)14-15-8-9-16(14)4/h5-9,12H,4H2,1-3H3/t12-/m1/s1. The van der Waals surface area contributed by atoms with Gasteiger partial charge in [-0.25, -0.2) is 4.98 Å². The van der Waals surface area contributed by atoms with Gasteiger partial charge in [0.2, 0.25) is 0 Å². The lowest BCUT2D eigenvalue weighted by Crippen LogP contribution is -2.05. The van der Waals surface area contributed by atoms with E-state index in [1.165, 1.54) is 16.7 Å². The minimum Gasteiger partial charge on any atom is -0.333 e. The van der Waals surface area contributed by atoms with Crippen LogP contribution in [0.4, 0.5) is 0 Å². The van der Waals surface area contributed by atoms with E-state index >= 15 is 0 Å². The van der Waals surface area contributed by atoms with Crippen molar-refractivity contribution >= 4 is 0 Å². The highest BCUT2D eigenvalue weighted by atomic mass is 15.0. The van der Waals surface area contributed by atoms with Gasteiger partial charge in [0.1, 0.15) is 5.82 Å². The van der Waals surface area contributed by atoms with Gasteiger partial charge in [-0.2, -0.15) is 0 Å². The van der Waals surface area contributed by atoms with E-state index in [0.29, 0.717) is 0 Å². The second kappa shape index (κ2) is 4.12. The first-order chi connectivity index (χ1) is 7.61. The molecule has 0 aliphatic rings. The Hall–Kier alpha value is -1.57. The van der Waals surface area contributed by atoms with Crippen LogP contribution < -0.4 is 0 Å². The van der Waals surface area contributed by atoms with E-state index in [0.717, 1.165) is 5.82 Å². The van der Waals surface area contributed by atoms with Crippen LogP contribution in [0.5, 0.6) is 0 Å². The van der Waals surface area contributed by atoms with Gasteiger partial charge in [0.05, 0.1) is 0 Å². The zero-order chi connectivity index (χ0) is 11.7. The SMILES string of the molecule is [CH2]n1ccnc1[C@H](C)c1cccc(C)c1C. The molecule has 83 valence electrons. The van der Waals surface area contributed by atoms with E-state index in [-0.39, 0.29) is 5.92 Å². The Balaban J connectivity index is 2.46. The number of rotatable bonds is 2. The molecule has 2 heteroatoms. The molecule has 1 heterocycles. The Morgan fingerprint density at radius 2 is 2.06 bits per heavy atom. The Labute approximate surface area is 97.0 Å². The van der Waals surface area contributed by atoms with Crippen LogP contribution in [0.15, 0.2) is 30.6 Å². The first-order valence-electron chi connectivity index (χ1n) is 5.51. The van der Waals surface area contributed by atoms with Crippen molar-refractivity contribution in [1.29, 1.82) is 0 Å². The molecular formula is C14H17N2. The third kappa shape index (κ3) is 1.75. The van der Waals surface area contributed by atoms with Gasteiger partial charge in [-0.1, -0.05) is 25.1 Å². The number of benzene rings is 1. The van der Waals surface area contributed by atoms with Crippen LogP contribution in [0.1, 0.15) is 35.4 Å². The van der Waals surface area contributed by atoms with E-state index in [4.69, 9.17) is 0 Å². The second-order valence-electron chi connectivity index (χ2n) is 4.27. The molecule has 2 nitrogen and oxygen atoms in total. The molecule has 0 aliphatic carbocycles. The number of imidazole rings is 1. The van der Waals surface area contributed by atoms with Crippen molar-refractivity contribution in [3.8, 4) is 0 Å². The van der Waals surface area contributed by atoms with Gasteiger partial charge in [-0.3, -0.25) is 0 Å². The summed E-state index contributed by atoms with van der Waals surface area (Å²) >= 11 is 0. The molecule has 0 spiro atoms. The Kier molecular flexibility index (Phi) is 2.82. The van der Waals surface area contributed by atoms with Crippen molar-refractivity contribution in [3.05, 3.63) is 60.2 Å². The van der Waals surface area contributed by atoms with Crippen molar-refractivity contribution in [2.45, 2.75) is 26.7 Å². The van der Waals surface area contributed by atoms with Crippen molar-refractivity contribution in [1.82, 2.24) is 9.55 Å². The number of nitrogens with zero attached hydrogens (tertiary/aromatic N) is 2. The van der Waals surface area contributed by atoms with Crippen LogP contribution in [0, 0.1) is 20.9 Å². The van der Waals surface area contributed by atoms with Crippen LogP contribution >= 0.6 is 0 Å². The Bertz CT molecular complexity index is 497. The normalized spacial score (nSPS) is 12.8. The largest absolute Gasteiger partial charge is 0.333 e. The van der Waals surface area contributed by atoms with Crippen molar-refractivity contribution in [3.63, 3.8) is 0 Å². The summed E-state index contributed by atoms with van der Waals surface area (Å²) in [4.78, 5) is 4.36. The maximum atomic E-state index is 4.36. The first kappa shape index (κ1) is 10.9. The summed E-state index contributed by atoms with van der Waals surface area (Å²) in [6.45, 7) is 6.48. The monoisotopic (exact) mass is 213 g/mol. The van der Waals surface area contributed by atoms with Crippen molar-refractivity contribution in [2.24, 2.45) is 0 Å². The maximum Gasteiger partial charge on any atom is 0.115 e. The fourth-order valence-electron chi connectivity index (χ4n) is 2.08. The van der Waals surface area contributed by atoms with Gasteiger partial charge in [0, 0.05) is 25.4 Å². The molecule has 0 unspecified atom stereocenters. The third-order valence-corrected chi connectivity index (χ3v) is 3.25. The molecule has 1 aromatic carbocycles. The predicted molar refractivity (Wildman–Crippen MR) is 66.4 cm³/mol. The van der Waals surface area contributed by atoms with Crippen molar-refractivity contribution < 1.29 is 0 Å². The lowest BCUT2D eigenvalue weighted by molar-refractivity contribution is 0.780. The summed E-state index contributed by atoms with van der Waals surface area (Å²) in [5.74, 6) is 1.29. The minimum atomic E-state index is 0.285. The first-order valence-corrected chi connectivity index (χ1v) is 5.51. The molecule has 0 saturated heterocycles. The van der Waals surface area contributed by atoms with E-state index in [1.54, 1.807) is 6.20 Å². The van der Waals surface area contributed by atoms with Gasteiger partial charge < -0.3 is 4.57 Å². The molecule has 0 amide bonds. The molecule has 0 aliphatic heterocycles. The average molecular weight is 213 g/mol. The molecule has 1 aromatic heterocycles. The van der Waals surface area contributed by atoms with Gasteiger partial charge in [0.15, 0.2) is 0 Å². The fraction of sp³-hybridized carbons (Fsp3) is 0.286. The molecule has 1 atom stereocenters. The average Bonchev–Trinajstić information content (AvgIpc) is 2.68. The summed E-state index contributed by atoms with van der Waals surface area (Å²) in [5, 5.41) is 0. The lowest BCUT2D eigenvalue weighted by atomic mass is 9.93. The molecule has 0 bridgehead atoms. The lowest BCUT2D eigenvalue weighted by Gasteiger charge is -2.15.